The molecule has 4 aliphatic rings. The molecule has 1 N–H and O–H groups in total. The molecule has 0 amide bonds. The highest BCUT2D eigenvalue weighted by atomic mass is 14.9. The van der Waals surface area contributed by atoms with Crippen LogP contribution >= 0.6 is 0 Å². The molecule has 0 spiro atoms. The molecule has 0 aliphatic heterocycles. The fraction of sp³-hybridized carbons (Fsp3) is 0.500. The van der Waals surface area contributed by atoms with Gasteiger partial charge in [0.2, 0.25) is 0 Å². The minimum Gasteiger partial charge on any atom is -0.356 e. The van der Waals surface area contributed by atoms with Gasteiger partial charge in [-0.15, -0.1) is 0 Å². The van der Waals surface area contributed by atoms with Gasteiger partial charge in [0.25, 0.3) is 0 Å². The number of fused-ring (bicyclic) bond motifs is 2. The first kappa shape index (κ1) is 21.3. The first-order valence-electron chi connectivity index (χ1n) is 13.7. The van der Waals surface area contributed by atoms with Crippen molar-refractivity contribution in [2.24, 2.45) is 23.7 Å². The Morgan fingerprint density at radius 2 is 0.909 bits per heavy atom. The number of anilines is 2. The molecule has 2 saturated carbocycles. The van der Waals surface area contributed by atoms with E-state index in [1.807, 2.05) is 0 Å². The van der Waals surface area contributed by atoms with Crippen molar-refractivity contribution in [1.82, 2.24) is 0 Å². The number of nitrogens with one attached hydrogen (secondary N) is 1. The van der Waals surface area contributed by atoms with Crippen LogP contribution in [0.4, 0.5) is 11.4 Å². The third-order valence-corrected chi connectivity index (χ3v) is 9.14. The topological polar surface area (TPSA) is 12.0 Å². The Labute approximate surface area is 200 Å². The van der Waals surface area contributed by atoms with Crippen molar-refractivity contribution in [1.29, 1.82) is 0 Å². The molecule has 1 heteroatoms. The zero-order valence-electron chi connectivity index (χ0n) is 20.1. The van der Waals surface area contributed by atoms with Gasteiger partial charge < -0.3 is 5.32 Å². The van der Waals surface area contributed by atoms with E-state index in [-0.39, 0.29) is 0 Å². The molecule has 0 aromatic heterocycles. The Balaban J connectivity index is 1.10. The van der Waals surface area contributed by atoms with Gasteiger partial charge in [0.05, 0.1) is 0 Å². The highest BCUT2D eigenvalue weighted by molar-refractivity contribution is 5.72. The highest BCUT2D eigenvalue weighted by Crippen LogP contribution is 2.43. The number of rotatable bonds is 4. The van der Waals surface area contributed by atoms with Crippen molar-refractivity contribution < 1.29 is 0 Å². The second kappa shape index (κ2) is 9.53. The molecule has 2 aromatic rings. The fourth-order valence-corrected chi connectivity index (χ4v) is 7.18. The normalized spacial score (nSPS) is 29.3. The molecule has 1 nitrogen and oxygen atoms in total. The summed E-state index contributed by atoms with van der Waals surface area (Å²) in [7, 11) is 0. The average Bonchev–Trinajstić information content (AvgIpc) is 2.89. The Hall–Kier alpha value is -2.28. The summed E-state index contributed by atoms with van der Waals surface area (Å²) in [6.07, 6.45) is 22.0. The summed E-state index contributed by atoms with van der Waals surface area (Å²) in [5, 5.41) is 3.62. The minimum absolute atomic E-state index is 0.835. The van der Waals surface area contributed by atoms with E-state index < -0.39 is 0 Å². The molecule has 4 aliphatic carbocycles. The van der Waals surface area contributed by atoms with E-state index in [1.54, 1.807) is 11.1 Å². The van der Waals surface area contributed by atoms with E-state index in [4.69, 9.17) is 0 Å². The quantitative estimate of drug-likeness (QED) is 0.502. The van der Waals surface area contributed by atoms with Gasteiger partial charge in [-0.25, -0.2) is 0 Å². The van der Waals surface area contributed by atoms with Crippen molar-refractivity contribution in [2.45, 2.75) is 77.0 Å². The predicted molar refractivity (Wildman–Crippen MR) is 141 cm³/mol. The Morgan fingerprint density at radius 3 is 1.36 bits per heavy atom. The third-order valence-electron chi connectivity index (χ3n) is 9.14. The Bertz CT molecular complexity index is 926. The fourth-order valence-electron chi connectivity index (χ4n) is 7.18. The lowest BCUT2D eigenvalue weighted by molar-refractivity contribution is 0.262. The minimum atomic E-state index is 0.835. The van der Waals surface area contributed by atoms with E-state index in [1.165, 1.54) is 99.6 Å². The van der Waals surface area contributed by atoms with Crippen LogP contribution in [0.15, 0.2) is 60.7 Å². The van der Waals surface area contributed by atoms with Crippen LogP contribution in [0, 0.1) is 23.7 Å². The number of allylic oxidation sites excluding steroid dienone is 4. The van der Waals surface area contributed by atoms with Crippen molar-refractivity contribution in [3.8, 4) is 0 Å². The van der Waals surface area contributed by atoms with Gasteiger partial charge in [-0.3, -0.25) is 0 Å². The van der Waals surface area contributed by atoms with Crippen molar-refractivity contribution in [3.05, 3.63) is 71.8 Å². The van der Waals surface area contributed by atoms with Crippen molar-refractivity contribution in [2.75, 3.05) is 5.32 Å². The van der Waals surface area contributed by atoms with E-state index in [0.29, 0.717) is 0 Å². The number of hydrogen-bond donors (Lipinski definition) is 1. The maximum absolute atomic E-state index is 3.62. The Morgan fingerprint density at radius 1 is 0.485 bits per heavy atom. The summed E-state index contributed by atoms with van der Waals surface area (Å²) in [6.45, 7) is 0. The Kier molecular flexibility index (Phi) is 6.14. The van der Waals surface area contributed by atoms with Gasteiger partial charge in [0.15, 0.2) is 0 Å². The zero-order chi connectivity index (χ0) is 22.0. The van der Waals surface area contributed by atoms with Gasteiger partial charge in [-0.05, 0) is 122 Å². The second-order valence-electron chi connectivity index (χ2n) is 11.2. The molecule has 0 bridgehead atoms. The smallest absolute Gasteiger partial charge is 0.0384 e. The monoisotopic (exact) mass is 437 g/mol. The zero-order valence-corrected chi connectivity index (χ0v) is 20.1. The van der Waals surface area contributed by atoms with Crippen LogP contribution in [-0.4, -0.2) is 0 Å². The maximum atomic E-state index is 3.62. The summed E-state index contributed by atoms with van der Waals surface area (Å²) in [6, 6.07) is 18.3. The first-order valence-corrected chi connectivity index (χ1v) is 13.7. The van der Waals surface area contributed by atoms with E-state index in [0.717, 1.165) is 23.7 Å². The molecule has 6 rings (SSSR count). The van der Waals surface area contributed by atoms with Gasteiger partial charge in [0.1, 0.15) is 0 Å². The summed E-state index contributed by atoms with van der Waals surface area (Å²) >= 11 is 0. The summed E-state index contributed by atoms with van der Waals surface area (Å²) < 4.78 is 0. The molecule has 0 saturated heterocycles. The van der Waals surface area contributed by atoms with Crippen LogP contribution in [0.25, 0.3) is 11.1 Å². The molecular weight excluding hydrogens is 398 g/mol. The summed E-state index contributed by atoms with van der Waals surface area (Å²) in [4.78, 5) is 0. The standard InChI is InChI=1S/C32H39N/c1-3-7-27-21-29(11-9-23(27)5-1)25-13-17-31(18-14-25)33-32-19-15-26(16-20-32)30-12-10-24-6-2-4-8-28(24)22-30/h13-24,27-28,33H,1-12H2. The lowest BCUT2D eigenvalue weighted by Crippen LogP contribution is -2.21. The van der Waals surface area contributed by atoms with E-state index >= 15 is 0 Å². The van der Waals surface area contributed by atoms with E-state index in [2.05, 4.69) is 66.0 Å². The van der Waals surface area contributed by atoms with Gasteiger partial charge in [-0.1, -0.05) is 62.1 Å². The van der Waals surface area contributed by atoms with Crippen LogP contribution < -0.4 is 5.32 Å². The lowest BCUT2D eigenvalue weighted by atomic mass is 9.71. The highest BCUT2D eigenvalue weighted by Gasteiger charge is 2.28. The van der Waals surface area contributed by atoms with E-state index in [9.17, 15) is 0 Å². The van der Waals surface area contributed by atoms with Crippen LogP contribution in [0.3, 0.4) is 0 Å². The van der Waals surface area contributed by atoms with Crippen LogP contribution in [0.2, 0.25) is 0 Å². The van der Waals surface area contributed by atoms with Gasteiger partial charge in [-0.2, -0.15) is 0 Å². The lowest BCUT2D eigenvalue weighted by Gasteiger charge is -2.34. The first-order chi connectivity index (χ1) is 16.3. The molecule has 33 heavy (non-hydrogen) atoms. The molecule has 0 heterocycles. The van der Waals surface area contributed by atoms with Gasteiger partial charge in [0, 0.05) is 11.4 Å². The van der Waals surface area contributed by atoms with Crippen LogP contribution in [0.1, 0.15) is 88.2 Å². The third kappa shape index (κ3) is 4.70. The van der Waals surface area contributed by atoms with Crippen LogP contribution in [0.5, 0.6) is 0 Å². The van der Waals surface area contributed by atoms with Crippen LogP contribution in [-0.2, 0) is 0 Å². The molecule has 4 atom stereocenters. The van der Waals surface area contributed by atoms with Crippen molar-refractivity contribution in [3.63, 3.8) is 0 Å². The summed E-state index contributed by atoms with van der Waals surface area (Å²) in [5.41, 5.74) is 8.36. The molecule has 0 radical (unpaired) electrons. The SMILES string of the molecule is C1=C(c2ccc(Nc3ccc(C4=CC5CCCCC5CC4)cc3)cc2)CCC2CCCCC12. The molecule has 172 valence electrons. The number of hydrogen-bond acceptors (Lipinski definition) is 1. The molecule has 2 fully saturated rings. The predicted octanol–water partition coefficient (Wildman–Crippen LogP) is 9.40. The molecule has 2 aromatic carbocycles. The number of benzene rings is 2. The summed E-state index contributed by atoms with van der Waals surface area (Å²) in [5.74, 6) is 3.59. The largest absolute Gasteiger partial charge is 0.356 e. The maximum Gasteiger partial charge on any atom is 0.0384 e. The second-order valence-corrected chi connectivity index (χ2v) is 11.2. The van der Waals surface area contributed by atoms with Gasteiger partial charge >= 0.3 is 0 Å². The average molecular weight is 438 g/mol. The van der Waals surface area contributed by atoms with Crippen molar-refractivity contribution >= 4 is 22.5 Å². The molecular formula is C32H39N. The molecule has 4 unspecified atom stereocenters.